The van der Waals surface area contributed by atoms with Gasteiger partial charge >= 0.3 is 0 Å². The Morgan fingerprint density at radius 2 is 2.25 bits per heavy atom. The van der Waals surface area contributed by atoms with Gasteiger partial charge in [0, 0.05) is 6.42 Å². The summed E-state index contributed by atoms with van der Waals surface area (Å²) in [4.78, 5) is 11.4. The summed E-state index contributed by atoms with van der Waals surface area (Å²) in [6.45, 7) is 3.44. The molecule has 0 fully saturated rings. The van der Waals surface area contributed by atoms with E-state index >= 15 is 0 Å². The summed E-state index contributed by atoms with van der Waals surface area (Å²) in [6.07, 6.45) is 0.0396. The Morgan fingerprint density at radius 1 is 1.56 bits per heavy atom. The Bertz CT molecular complexity index is 377. The van der Waals surface area contributed by atoms with Crippen LogP contribution < -0.4 is 5.32 Å². The van der Waals surface area contributed by atoms with E-state index < -0.39 is 11.9 Å². The molecule has 88 valence electrons. The number of carbonyl (C=O) groups is 1. The molecule has 4 heteroatoms. The first-order valence-electron chi connectivity index (χ1n) is 5.23. The molecule has 16 heavy (non-hydrogen) atoms. The highest BCUT2D eigenvalue weighted by Crippen LogP contribution is 2.16. The highest BCUT2D eigenvalue weighted by atomic mass is 19.1. The maximum Gasteiger partial charge on any atom is 0.224 e. The Balaban J connectivity index is 2.59. The zero-order valence-electron chi connectivity index (χ0n) is 9.46. The van der Waals surface area contributed by atoms with Crippen LogP contribution in [-0.2, 0) is 4.79 Å². The molecule has 1 rings (SSSR count). The predicted octanol–water partition coefficient (Wildman–Crippen LogP) is 2.23. The summed E-state index contributed by atoms with van der Waals surface area (Å²) in [6, 6.07) is 4.54. The van der Waals surface area contributed by atoms with Gasteiger partial charge < -0.3 is 10.4 Å². The molecule has 0 bridgehead atoms. The first-order chi connectivity index (χ1) is 7.49. The maximum atomic E-state index is 13.3. The molecule has 0 saturated heterocycles. The molecule has 1 unspecified atom stereocenters. The van der Waals surface area contributed by atoms with Crippen molar-refractivity contribution in [2.75, 3.05) is 5.32 Å². The summed E-state index contributed by atoms with van der Waals surface area (Å²) in [7, 11) is 0. The summed E-state index contributed by atoms with van der Waals surface area (Å²) >= 11 is 0. The molecule has 0 aromatic heterocycles. The van der Waals surface area contributed by atoms with Gasteiger partial charge in [-0.05, 0) is 38.0 Å². The van der Waals surface area contributed by atoms with E-state index in [1.165, 1.54) is 6.07 Å². The predicted molar refractivity (Wildman–Crippen MR) is 60.7 cm³/mol. The van der Waals surface area contributed by atoms with Crippen molar-refractivity contribution in [1.82, 2.24) is 0 Å². The van der Waals surface area contributed by atoms with Crippen LogP contribution in [0.2, 0.25) is 0 Å². The van der Waals surface area contributed by atoms with E-state index in [1.807, 2.05) is 6.92 Å². The van der Waals surface area contributed by atoms with Gasteiger partial charge in [-0.2, -0.15) is 0 Å². The molecule has 0 aliphatic rings. The minimum absolute atomic E-state index is 0.186. The molecule has 1 amide bonds. The zero-order valence-corrected chi connectivity index (χ0v) is 9.46. The third kappa shape index (κ3) is 3.98. The van der Waals surface area contributed by atoms with Crippen LogP contribution in [0.1, 0.15) is 25.3 Å². The fourth-order valence-corrected chi connectivity index (χ4v) is 1.29. The number of nitrogens with one attached hydrogen (secondary N) is 1. The van der Waals surface area contributed by atoms with E-state index in [-0.39, 0.29) is 18.0 Å². The van der Waals surface area contributed by atoms with Crippen LogP contribution in [0.5, 0.6) is 0 Å². The monoisotopic (exact) mass is 225 g/mol. The van der Waals surface area contributed by atoms with Gasteiger partial charge in [-0.3, -0.25) is 4.79 Å². The molecule has 0 aliphatic heterocycles. The van der Waals surface area contributed by atoms with Gasteiger partial charge in [-0.15, -0.1) is 0 Å². The molecule has 0 spiro atoms. The molecule has 0 aliphatic carbocycles. The van der Waals surface area contributed by atoms with E-state index in [4.69, 9.17) is 5.11 Å². The second kappa shape index (κ2) is 5.61. The smallest absolute Gasteiger partial charge is 0.224 e. The first kappa shape index (κ1) is 12.6. The van der Waals surface area contributed by atoms with Crippen LogP contribution in [0, 0.1) is 12.7 Å². The number of aryl methyl sites for hydroxylation is 1. The summed E-state index contributed by atoms with van der Waals surface area (Å²) in [5.41, 5.74) is 1.07. The molecule has 0 heterocycles. The topological polar surface area (TPSA) is 49.3 Å². The lowest BCUT2D eigenvalue weighted by molar-refractivity contribution is -0.116. The molecule has 2 N–H and O–H groups in total. The number of benzene rings is 1. The van der Waals surface area contributed by atoms with E-state index in [9.17, 15) is 9.18 Å². The lowest BCUT2D eigenvalue weighted by Crippen LogP contribution is -2.15. The van der Waals surface area contributed by atoms with Crippen LogP contribution in [0.15, 0.2) is 18.2 Å². The second-order valence-corrected chi connectivity index (χ2v) is 3.92. The number of hydrogen-bond acceptors (Lipinski definition) is 2. The number of anilines is 1. The van der Waals surface area contributed by atoms with Gasteiger partial charge in [0.15, 0.2) is 0 Å². The summed E-state index contributed by atoms with van der Waals surface area (Å²) in [5, 5.41) is 11.5. The molecular formula is C12H16FNO2. The van der Waals surface area contributed by atoms with Crippen LogP contribution >= 0.6 is 0 Å². The highest BCUT2D eigenvalue weighted by molar-refractivity contribution is 5.90. The average molecular weight is 225 g/mol. The van der Waals surface area contributed by atoms with Crippen LogP contribution in [-0.4, -0.2) is 17.1 Å². The van der Waals surface area contributed by atoms with Crippen molar-refractivity contribution in [1.29, 1.82) is 0 Å². The lowest BCUT2D eigenvalue weighted by Gasteiger charge is -2.08. The van der Waals surface area contributed by atoms with Crippen molar-refractivity contribution in [3.05, 3.63) is 29.6 Å². The van der Waals surface area contributed by atoms with Crippen LogP contribution in [0.3, 0.4) is 0 Å². The van der Waals surface area contributed by atoms with Crippen molar-refractivity contribution in [2.45, 2.75) is 32.8 Å². The largest absolute Gasteiger partial charge is 0.393 e. The second-order valence-electron chi connectivity index (χ2n) is 3.92. The zero-order chi connectivity index (χ0) is 12.1. The molecule has 1 aromatic carbocycles. The Hall–Kier alpha value is -1.42. The number of aliphatic hydroxyl groups is 1. The van der Waals surface area contributed by atoms with E-state index in [0.29, 0.717) is 6.42 Å². The molecule has 0 radical (unpaired) electrons. The van der Waals surface area contributed by atoms with Crippen LogP contribution in [0.4, 0.5) is 10.1 Å². The molecule has 3 nitrogen and oxygen atoms in total. The standard InChI is InChI=1S/C12H16FNO2/c1-8-3-5-10(13)11(7-8)14-12(16)6-4-9(2)15/h3,5,7,9,15H,4,6H2,1-2H3,(H,14,16). The fraction of sp³-hybridized carbons (Fsp3) is 0.417. The number of carbonyl (C=O) groups excluding carboxylic acids is 1. The van der Waals surface area contributed by atoms with Gasteiger partial charge in [0.2, 0.25) is 5.91 Å². The van der Waals surface area contributed by atoms with Crippen molar-refractivity contribution >= 4 is 11.6 Å². The maximum absolute atomic E-state index is 13.3. The minimum atomic E-state index is -0.520. The number of aliphatic hydroxyl groups excluding tert-OH is 1. The van der Waals surface area contributed by atoms with Gasteiger partial charge in [-0.25, -0.2) is 4.39 Å². The summed E-state index contributed by atoms with van der Waals surface area (Å²) < 4.78 is 13.3. The summed E-state index contributed by atoms with van der Waals surface area (Å²) in [5.74, 6) is -0.735. The van der Waals surface area contributed by atoms with Crippen molar-refractivity contribution in [2.24, 2.45) is 0 Å². The third-order valence-electron chi connectivity index (χ3n) is 2.19. The Kier molecular flexibility index (Phi) is 4.43. The first-order valence-corrected chi connectivity index (χ1v) is 5.23. The Morgan fingerprint density at radius 3 is 2.88 bits per heavy atom. The lowest BCUT2D eigenvalue weighted by atomic mass is 10.2. The normalized spacial score (nSPS) is 12.2. The van der Waals surface area contributed by atoms with Gasteiger partial charge in [-0.1, -0.05) is 6.07 Å². The van der Waals surface area contributed by atoms with Crippen molar-refractivity contribution in [3.8, 4) is 0 Å². The number of halogens is 1. The van der Waals surface area contributed by atoms with Crippen LogP contribution in [0.25, 0.3) is 0 Å². The number of hydrogen-bond donors (Lipinski definition) is 2. The Labute approximate surface area is 94.3 Å². The number of amides is 1. The molecule has 1 aromatic rings. The highest BCUT2D eigenvalue weighted by Gasteiger charge is 2.08. The van der Waals surface area contributed by atoms with Gasteiger partial charge in [0.1, 0.15) is 5.82 Å². The fourth-order valence-electron chi connectivity index (χ4n) is 1.29. The van der Waals surface area contributed by atoms with Gasteiger partial charge in [0.05, 0.1) is 11.8 Å². The van der Waals surface area contributed by atoms with E-state index in [1.54, 1.807) is 19.1 Å². The quantitative estimate of drug-likeness (QED) is 0.825. The van der Waals surface area contributed by atoms with E-state index in [0.717, 1.165) is 5.56 Å². The molecular weight excluding hydrogens is 209 g/mol. The van der Waals surface area contributed by atoms with Crippen molar-refractivity contribution < 1.29 is 14.3 Å². The SMILES string of the molecule is Cc1ccc(F)c(NC(=O)CCC(C)O)c1. The van der Waals surface area contributed by atoms with Gasteiger partial charge in [0.25, 0.3) is 0 Å². The minimum Gasteiger partial charge on any atom is -0.393 e. The van der Waals surface area contributed by atoms with Crippen molar-refractivity contribution in [3.63, 3.8) is 0 Å². The average Bonchev–Trinajstić information content (AvgIpc) is 2.20. The molecule has 1 atom stereocenters. The van der Waals surface area contributed by atoms with E-state index in [2.05, 4.69) is 5.32 Å². The molecule has 0 saturated carbocycles. The number of rotatable bonds is 4. The third-order valence-corrected chi connectivity index (χ3v) is 2.19.